The van der Waals surface area contributed by atoms with Crippen molar-refractivity contribution in [2.45, 2.75) is 0 Å². The van der Waals surface area contributed by atoms with Gasteiger partial charge in [0.25, 0.3) is 0 Å². The lowest BCUT2D eigenvalue weighted by molar-refractivity contribution is 1.19. The third-order valence-corrected chi connectivity index (χ3v) is 2.20. The topological polar surface area (TPSA) is 61.6 Å². The number of rotatable bonds is 2. The van der Waals surface area contributed by atoms with E-state index in [0.29, 0.717) is 11.4 Å². The quantitative estimate of drug-likeness (QED) is 0.824. The molecule has 0 fully saturated rings. The van der Waals surface area contributed by atoms with Crippen LogP contribution in [0, 0.1) is 11.3 Å². The minimum atomic E-state index is 0.616. The number of nitrogens with one attached hydrogen (secondary N) is 1. The fourth-order valence-electron chi connectivity index (χ4n) is 1.47. The lowest BCUT2D eigenvalue weighted by Gasteiger charge is -2.06. The van der Waals surface area contributed by atoms with Gasteiger partial charge in [-0.1, -0.05) is 12.1 Å². The monoisotopic (exact) mass is 210 g/mol. The summed E-state index contributed by atoms with van der Waals surface area (Å²) in [6.45, 7) is 0. The van der Waals surface area contributed by atoms with E-state index in [1.165, 1.54) is 0 Å². The SMILES string of the molecule is CNc1nccnc1-c1cccc(C#N)c1. The van der Waals surface area contributed by atoms with Crippen LogP contribution < -0.4 is 5.32 Å². The molecule has 2 aromatic rings. The van der Waals surface area contributed by atoms with Crippen LogP contribution in [0.2, 0.25) is 0 Å². The van der Waals surface area contributed by atoms with Crippen molar-refractivity contribution < 1.29 is 0 Å². The summed E-state index contributed by atoms with van der Waals surface area (Å²) in [7, 11) is 1.79. The molecule has 0 atom stereocenters. The average Bonchev–Trinajstić information content (AvgIpc) is 2.38. The number of hydrogen-bond acceptors (Lipinski definition) is 4. The zero-order valence-corrected chi connectivity index (χ0v) is 8.81. The summed E-state index contributed by atoms with van der Waals surface area (Å²) in [5.74, 6) is 0.706. The Morgan fingerprint density at radius 3 is 2.81 bits per heavy atom. The van der Waals surface area contributed by atoms with E-state index in [-0.39, 0.29) is 0 Å². The van der Waals surface area contributed by atoms with Gasteiger partial charge in [-0.15, -0.1) is 0 Å². The molecule has 0 unspecified atom stereocenters. The van der Waals surface area contributed by atoms with Crippen LogP contribution in [0.5, 0.6) is 0 Å². The van der Waals surface area contributed by atoms with Gasteiger partial charge in [-0.2, -0.15) is 5.26 Å². The molecule has 0 amide bonds. The zero-order chi connectivity index (χ0) is 11.4. The molecule has 78 valence electrons. The van der Waals surface area contributed by atoms with E-state index in [0.717, 1.165) is 11.3 Å². The van der Waals surface area contributed by atoms with E-state index in [1.807, 2.05) is 12.1 Å². The smallest absolute Gasteiger partial charge is 0.152 e. The summed E-state index contributed by atoms with van der Waals surface area (Å²) in [5.41, 5.74) is 2.25. The van der Waals surface area contributed by atoms with E-state index in [1.54, 1.807) is 31.6 Å². The van der Waals surface area contributed by atoms with Crippen molar-refractivity contribution in [1.29, 1.82) is 5.26 Å². The minimum absolute atomic E-state index is 0.616. The molecule has 0 aliphatic rings. The largest absolute Gasteiger partial charge is 0.371 e. The molecule has 0 saturated carbocycles. The van der Waals surface area contributed by atoms with Gasteiger partial charge < -0.3 is 5.32 Å². The maximum absolute atomic E-state index is 8.83. The van der Waals surface area contributed by atoms with Gasteiger partial charge in [-0.3, -0.25) is 4.98 Å². The third-order valence-electron chi connectivity index (χ3n) is 2.20. The van der Waals surface area contributed by atoms with Crippen molar-refractivity contribution in [3.8, 4) is 17.3 Å². The van der Waals surface area contributed by atoms with Crippen molar-refractivity contribution in [1.82, 2.24) is 9.97 Å². The molecule has 16 heavy (non-hydrogen) atoms. The van der Waals surface area contributed by atoms with E-state index < -0.39 is 0 Å². The van der Waals surface area contributed by atoms with Crippen molar-refractivity contribution >= 4 is 5.82 Å². The average molecular weight is 210 g/mol. The van der Waals surface area contributed by atoms with Crippen LogP contribution in [0.1, 0.15) is 5.56 Å². The molecule has 0 aliphatic carbocycles. The van der Waals surface area contributed by atoms with Gasteiger partial charge in [-0.05, 0) is 12.1 Å². The normalized spacial score (nSPS) is 9.50. The highest BCUT2D eigenvalue weighted by Crippen LogP contribution is 2.23. The van der Waals surface area contributed by atoms with Gasteiger partial charge in [0.15, 0.2) is 5.82 Å². The van der Waals surface area contributed by atoms with Gasteiger partial charge in [0.05, 0.1) is 11.6 Å². The molecule has 0 saturated heterocycles. The summed E-state index contributed by atoms with van der Waals surface area (Å²) in [5, 5.41) is 11.8. The van der Waals surface area contributed by atoms with Crippen molar-refractivity contribution in [3.05, 3.63) is 42.2 Å². The van der Waals surface area contributed by atoms with Crippen LogP contribution in [0.15, 0.2) is 36.7 Å². The van der Waals surface area contributed by atoms with Crippen molar-refractivity contribution in [2.75, 3.05) is 12.4 Å². The Bertz CT molecular complexity index is 543. The van der Waals surface area contributed by atoms with Gasteiger partial charge in [0, 0.05) is 25.0 Å². The highest BCUT2D eigenvalue weighted by atomic mass is 15.0. The van der Waals surface area contributed by atoms with Crippen LogP contribution in [-0.4, -0.2) is 17.0 Å². The van der Waals surface area contributed by atoms with Crippen LogP contribution >= 0.6 is 0 Å². The van der Waals surface area contributed by atoms with Crippen LogP contribution in [0.4, 0.5) is 5.82 Å². The van der Waals surface area contributed by atoms with Crippen molar-refractivity contribution in [3.63, 3.8) is 0 Å². The highest BCUT2D eigenvalue weighted by Gasteiger charge is 2.06. The lowest BCUT2D eigenvalue weighted by atomic mass is 10.1. The lowest BCUT2D eigenvalue weighted by Crippen LogP contribution is -1.97. The predicted molar refractivity (Wildman–Crippen MR) is 61.7 cm³/mol. The summed E-state index contributed by atoms with van der Waals surface area (Å²) in [6, 6.07) is 9.41. The predicted octanol–water partition coefficient (Wildman–Crippen LogP) is 2.06. The molecule has 0 spiro atoms. The first-order valence-electron chi connectivity index (χ1n) is 4.84. The van der Waals surface area contributed by atoms with Crippen LogP contribution in [-0.2, 0) is 0 Å². The van der Waals surface area contributed by atoms with Gasteiger partial charge in [-0.25, -0.2) is 4.98 Å². The number of anilines is 1. The summed E-state index contributed by atoms with van der Waals surface area (Å²) in [6.07, 6.45) is 3.26. The first-order chi connectivity index (χ1) is 7.85. The number of nitriles is 1. The number of nitrogens with zero attached hydrogens (tertiary/aromatic N) is 3. The van der Waals surface area contributed by atoms with Gasteiger partial charge >= 0.3 is 0 Å². The Labute approximate surface area is 93.6 Å². The minimum Gasteiger partial charge on any atom is -0.371 e. The molecule has 4 nitrogen and oxygen atoms in total. The van der Waals surface area contributed by atoms with Crippen LogP contribution in [0.25, 0.3) is 11.3 Å². The fraction of sp³-hybridized carbons (Fsp3) is 0.0833. The maximum Gasteiger partial charge on any atom is 0.152 e. The highest BCUT2D eigenvalue weighted by molar-refractivity contribution is 5.71. The molecule has 1 aromatic carbocycles. The molecule has 0 radical (unpaired) electrons. The molecular weight excluding hydrogens is 200 g/mol. The molecule has 1 aromatic heterocycles. The second kappa shape index (κ2) is 4.41. The third kappa shape index (κ3) is 1.84. The summed E-state index contributed by atoms with van der Waals surface area (Å²) < 4.78 is 0. The first-order valence-corrected chi connectivity index (χ1v) is 4.84. The Kier molecular flexibility index (Phi) is 2.79. The van der Waals surface area contributed by atoms with Crippen molar-refractivity contribution in [2.24, 2.45) is 0 Å². The zero-order valence-electron chi connectivity index (χ0n) is 8.81. The first kappa shape index (κ1) is 10.1. The fourth-order valence-corrected chi connectivity index (χ4v) is 1.47. The second-order valence-corrected chi connectivity index (χ2v) is 3.20. The summed E-state index contributed by atoms with van der Waals surface area (Å²) in [4.78, 5) is 8.43. The summed E-state index contributed by atoms with van der Waals surface area (Å²) >= 11 is 0. The molecule has 0 bridgehead atoms. The molecule has 1 N–H and O–H groups in total. The standard InChI is InChI=1S/C12H10N4/c1-14-12-11(15-5-6-16-12)10-4-2-3-9(7-10)8-13/h2-7H,1H3,(H,14,16). The van der Waals surface area contributed by atoms with Gasteiger partial charge in [0.2, 0.25) is 0 Å². The molecule has 4 heteroatoms. The van der Waals surface area contributed by atoms with E-state index in [9.17, 15) is 0 Å². The van der Waals surface area contributed by atoms with Crippen LogP contribution in [0.3, 0.4) is 0 Å². The van der Waals surface area contributed by atoms with E-state index in [2.05, 4.69) is 21.4 Å². The van der Waals surface area contributed by atoms with E-state index >= 15 is 0 Å². The van der Waals surface area contributed by atoms with E-state index in [4.69, 9.17) is 5.26 Å². The Morgan fingerprint density at radius 1 is 1.25 bits per heavy atom. The number of aromatic nitrogens is 2. The maximum atomic E-state index is 8.83. The number of hydrogen-bond donors (Lipinski definition) is 1. The molecular formula is C12H10N4. The Balaban J connectivity index is 2.54. The molecule has 2 rings (SSSR count). The number of benzene rings is 1. The Hall–Kier alpha value is -2.41. The Morgan fingerprint density at radius 2 is 2.06 bits per heavy atom. The second-order valence-electron chi connectivity index (χ2n) is 3.20. The molecule has 1 heterocycles. The van der Waals surface area contributed by atoms with Gasteiger partial charge in [0.1, 0.15) is 5.69 Å². The molecule has 0 aliphatic heterocycles.